The maximum atomic E-state index is 13.1. The third-order valence-corrected chi connectivity index (χ3v) is 6.89. The second-order valence-corrected chi connectivity index (χ2v) is 8.74. The van der Waals surface area contributed by atoms with Crippen LogP contribution in [-0.4, -0.2) is 50.3 Å². The van der Waals surface area contributed by atoms with Crippen LogP contribution in [0.1, 0.15) is 62.8 Å². The van der Waals surface area contributed by atoms with Crippen molar-refractivity contribution in [3.63, 3.8) is 0 Å². The SMILES string of the molecule is CCOC(=O)C1(C(=O)OCC)CCc2ccc3c(c2C1)CC(C(=O)OCC)(C(=O)OCC)CC3. The first-order valence-corrected chi connectivity index (χ1v) is 12.1. The molecule has 0 unspecified atom stereocenters. The van der Waals surface area contributed by atoms with E-state index in [4.69, 9.17) is 18.9 Å². The summed E-state index contributed by atoms with van der Waals surface area (Å²) in [6.07, 6.45) is 1.71. The van der Waals surface area contributed by atoms with E-state index in [1.165, 1.54) is 0 Å². The summed E-state index contributed by atoms with van der Waals surface area (Å²) in [6, 6.07) is 4.02. The molecule has 0 amide bonds. The van der Waals surface area contributed by atoms with E-state index in [1.807, 2.05) is 12.1 Å². The molecule has 3 rings (SSSR count). The van der Waals surface area contributed by atoms with Gasteiger partial charge in [-0.15, -0.1) is 0 Å². The lowest BCUT2D eigenvalue weighted by Gasteiger charge is -2.39. The fraction of sp³-hybridized carbons (Fsp3) is 0.615. The lowest BCUT2D eigenvalue weighted by Crippen LogP contribution is -2.49. The molecule has 8 nitrogen and oxygen atoms in total. The number of hydrogen-bond acceptors (Lipinski definition) is 8. The quantitative estimate of drug-likeness (QED) is 0.322. The number of ether oxygens (including phenoxy) is 4. The van der Waals surface area contributed by atoms with Gasteiger partial charge in [0.1, 0.15) is 0 Å². The zero-order chi connectivity index (χ0) is 24.9. The van der Waals surface area contributed by atoms with Crippen LogP contribution in [0.15, 0.2) is 12.1 Å². The number of aryl methyl sites for hydroxylation is 2. The Morgan fingerprint density at radius 2 is 0.912 bits per heavy atom. The van der Waals surface area contributed by atoms with Gasteiger partial charge in [0.25, 0.3) is 0 Å². The normalized spacial score (nSPS) is 17.5. The maximum absolute atomic E-state index is 13.1. The van der Waals surface area contributed by atoms with Gasteiger partial charge in [0.15, 0.2) is 10.8 Å². The van der Waals surface area contributed by atoms with Gasteiger partial charge in [0.05, 0.1) is 26.4 Å². The summed E-state index contributed by atoms with van der Waals surface area (Å²) in [5.74, 6) is -2.41. The van der Waals surface area contributed by atoms with Gasteiger partial charge in [-0.3, -0.25) is 19.2 Å². The van der Waals surface area contributed by atoms with Crippen molar-refractivity contribution in [2.24, 2.45) is 10.8 Å². The van der Waals surface area contributed by atoms with Gasteiger partial charge in [-0.2, -0.15) is 0 Å². The predicted molar refractivity (Wildman–Crippen MR) is 122 cm³/mol. The Morgan fingerprint density at radius 1 is 0.618 bits per heavy atom. The van der Waals surface area contributed by atoms with Crippen LogP contribution in [0.5, 0.6) is 0 Å². The summed E-state index contributed by atoms with van der Waals surface area (Å²) in [4.78, 5) is 52.2. The lowest BCUT2D eigenvalue weighted by molar-refractivity contribution is -0.175. The van der Waals surface area contributed by atoms with E-state index in [2.05, 4.69) is 0 Å². The Hall–Kier alpha value is -2.90. The van der Waals surface area contributed by atoms with Gasteiger partial charge in [-0.05, 0) is 88.5 Å². The minimum atomic E-state index is -1.46. The van der Waals surface area contributed by atoms with E-state index in [-0.39, 0.29) is 52.1 Å². The maximum Gasteiger partial charge on any atom is 0.323 e. The van der Waals surface area contributed by atoms with Crippen LogP contribution in [0.25, 0.3) is 0 Å². The largest absolute Gasteiger partial charge is 0.465 e. The van der Waals surface area contributed by atoms with Crippen LogP contribution in [0.2, 0.25) is 0 Å². The molecule has 2 aliphatic carbocycles. The second-order valence-electron chi connectivity index (χ2n) is 8.74. The third-order valence-electron chi connectivity index (χ3n) is 6.89. The molecule has 0 saturated heterocycles. The molecule has 0 aromatic heterocycles. The summed E-state index contributed by atoms with van der Waals surface area (Å²) >= 11 is 0. The first kappa shape index (κ1) is 25.7. The average molecular weight is 475 g/mol. The average Bonchev–Trinajstić information content (AvgIpc) is 2.83. The second kappa shape index (κ2) is 10.6. The first-order valence-electron chi connectivity index (χ1n) is 12.1. The summed E-state index contributed by atoms with van der Waals surface area (Å²) in [5.41, 5.74) is 0.688. The molecule has 0 N–H and O–H groups in total. The zero-order valence-corrected chi connectivity index (χ0v) is 20.5. The van der Waals surface area contributed by atoms with E-state index >= 15 is 0 Å². The van der Waals surface area contributed by atoms with Crippen molar-refractivity contribution < 1.29 is 38.1 Å². The topological polar surface area (TPSA) is 105 Å². The number of benzene rings is 1. The van der Waals surface area contributed by atoms with Crippen LogP contribution < -0.4 is 0 Å². The molecule has 0 saturated carbocycles. The first-order chi connectivity index (χ1) is 16.3. The molecule has 0 heterocycles. The summed E-state index contributed by atoms with van der Waals surface area (Å²) in [6.45, 7) is 7.38. The zero-order valence-electron chi connectivity index (χ0n) is 20.5. The number of fused-ring (bicyclic) bond motifs is 3. The number of carbonyl (C=O) groups is 4. The molecule has 0 atom stereocenters. The molecule has 8 heteroatoms. The molecule has 0 fully saturated rings. The monoisotopic (exact) mass is 474 g/mol. The Morgan fingerprint density at radius 3 is 1.18 bits per heavy atom. The molecule has 1 aromatic rings. The third kappa shape index (κ3) is 4.42. The van der Waals surface area contributed by atoms with Crippen LogP contribution in [0, 0.1) is 10.8 Å². The molecular weight excluding hydrogens is 440 g/mol. The Balaban J connectivity index is 2.10. The van der Waals surface area contributed by atoms with Crippen molar-refractivity contribution in [3.05, 3.63) is 34.4 Å². The number of hydrogen-bond donors (Lipinski definition) is 0. The minimum absolute atomic E-state index is 0.102. The summed E-state index contributed by atoms with van der Waals surface area (Å²) in [5, 5.41) is 0. The molecule has 0 bridgehead atoms. The molecule has 0 aliphatic heterocycles. The molecule has 0 radical (unpaired) electrons. The van der Waals surface area contributed by atoms with Crippen molar-refractivity contribution in [3.8, 4) is 0 Å². The predicted octanol–water partition coefficient (Wildman–Crippen LogP) is 2.89. The highest BCUT2D eigenvalue weighted by Crippen LogP contribution is 2.45. The van der Waals surface area contributed by atoms with Crippen LogP contribution in [0.4, 0.5) is 0 Å². The Bertz CT molecular complexity index is 851. The Labute approximate surface area is 200 Å². The minimum Gasteiger partial charge on any atom is -0.465 e. The highest BCUT2D eigenvalue weighted by atomic mass is 16.6. The molecule has 1 aromatic carbocycles. The van der Waals surface area contributed by atoms with E-state index in [0.29, 0.717) is 12.8 Å². The summed E-state index contributed by atoms with van der Waals surface area (Å²) in [7, 11) is 0. The van der Waals surface area contributed by atoms with Gasteiger partial charge in [0.2, 0.25) is 0 Å². The van der Waals surface area contributed by atoms with E-state index < -0.39 is 34.7 Å². The number of esters is 4. The fourth-order valence-electron chi connectivity index (χ4n) is 5.12. The van der Waals surface area contributed by atoms with E-state index in [9.17, 15) is 19.2 Å². The molecular formula is C26H34O8. The molecule has 186 valence electrons. The van der Waals surface area contributed by atoms with Crippen molar-refractivity contribution in [2.75, 3.05) is 26.4 Å². The number of rotatable bonds is 8. The fourth-order valence-corrected chi connectivity index (χ4v) is 5.12. The van der Waals surface area contributed by atoms with Gasteiger partial charge in [0, 0.05) is 0 Å². The van der Waals surface area contributed by atoms with Crippen LogP contribution in [-0.2, 0) is 63.8 Å². The van der Waals surface area contributed by atoms with Crippen molar-refractivity contribution in [2.45, 2.75) is 66.2 Å². The van der Waals surface area contributed by atoms with Gasteiger partial charge < -0.3 is 18.9 Å². The van der Waals surface area contributed by atoms with Crippen molar-refractivity contribution in [1.82, 2.24) is 0 Å². The standard InChI is InChI=1S/C26H34O8/c1-5-31-21(27)25(22(28)32-6-2)13-11-17-9-10-18-12-14-26(23(29)33-7-3,24(30)34-8-4)16-20(18)19(17)15-25/h9-10H,5-8,11-16H2,1-4H3. The van der Waals surface area contributed by atoms with Gasteiger partial charge in [-0.1, -0.05) is 12.1 Å². The van der Waals surface area contributed by atoms with E-state index in [0.717, 1.165) is 22.3 Å². The summed E-state index contributed by atoms with van der Waals surface area (Å²) < 4.78 is 21.2. The van der Waals surface area contributed by atoms with Crippen LogP contribution in [0.3, 0.4) is 0 Å². The molecule has 2 aliphatic rings. The van der Waals surface area contributed by atoms with Gasteiger partial charge >= 0.3 is 23.9 Å². The highest BCUT2D eigenvalue weighted by molar-refractivity contribution is 6.02. The smallest absolute Gasteiger partial charge is 0.323 e. The van der Waals surface area contributed by atoms with Crippen molar-refractivity contribution in [1.29, 1.82) is 0 Å². The highest BCUT2D eigenvalue weighted by Gasteiger charge is 2.54. The lowest BCUT2D eigenvalue weighted by atomic mass is 9.65. The number of carbonyl (C=O) groups excluding carboxylic acids is 4. The van der Waals surface area contributed by atoms with Crippen LogP contribution >= 0.6 is 0 Å². The van der Waals surface area contributed by atoms with Gasteiger partial charge in [-0.25, -0.2) is 0 Å². The molecule has 34 heavy (non-hydrogen) atoms. The van der Waals surface area contributed by atoms with E-state index in [1.54, 1.807) is 27.7 Å². The molecule has 0 spiro atoms. The van der Waals surface area contributed by atoms with Crippen molar-refractivity contribution >= 4 is 23.9 Å². The Kier molecular flexibility index (Phi) is 8.00.